The molecule has 28 heavy (non-hydrogen) atoms. The van der Waals surface area contributed by atoms with Gasteiger partial charge in [0.1, 0.15) is 17.9 Å². The van der Waals surface area contributed by atoms with E-state index in [1.165, 1.54) is 31.2 Å². The van der Waals surface area contributed by atoms with Gasteiger partial charge in [-0.1, -0.05) is 36.4 Å². The van der Waals surface area contributed by atoms with Crippen LogP contribution in [-0.4, -0.2) is 35.0 Å². The highest BCUT2D eigenvalue weighted by Gasteiger charge is 2.26. The Morgan fingerprint density at radius 1 is 0.964 bits per heavy atom. The molecule has 0 heterocycles. The maximum atomic E-state index is 13.1. The van der Waals surface area contributed by atoms with Gasteiger partial charge in [-0.2, -0.15) is 0 Å². The summed E-state index contributed by atoms with van der Waals surface area (Å²) in [6.45, 7) is 3.14. The molecule has 3 N–H and O–H groups in total. The van der Waals surface area contributed by atoms with E-state index in [9.17, 15) is 23.9 Å². The third kappa shape index (κ3) is 6.19. The van der Waals surface area contributed by atoms with Gasteiger partial charge >= 0.3 is 5.97 Å². The second-order valence-electron chi connectivity index (χ2n) is 6.61. The average molecular weight is 386 g/mol. The minimum Gasteiger partial charge on any atom is -0.480 e. The lowest BCUT2D eigenvalue weighted by Crippen LogP contribution is -2.52. The number of aryl methyl sites for hydroxylation is 1. The van der Waals surface area contributed by atoms with Gasteiger partial charge in [-0.3, -0.25) is 9.59 Å². The molecule has 0 aromatic heterocycles. The Balaban J connectivity index is 2.14. The summed E-state index contributed by atoms with van der Waals surface area (Å²) < 4.78 is 13.1. The molecular weight excluding hydrogens is 363 g/mol. The quantitative estimate of drug-likeness (QED) is 0.647. The zero-order chi connectivity index (χ0) is 20.7. The first-order valence-corrected chi connectivity index (χ1v) is 8.85. The standard InChI is InChI=1S/C21H23FN2O4/c1-13-5-3-4-6-16(13)12-19(21(27)28)24-20(26)18(23-14(2)25)11-15-7-9-17(22)10-8-15/h3-10,18-19H,11-12H2,1-2H3,(H,23,25)(H,24,26)(H,27,28)/t18-,19-/m1/s1. The summed E-state index contributed by atoms with van der Waals surface area (Å²) in [5, 5.41) is 14.5. The first-order valence-electron chi connectivity index (χ1n) is 8.85. The van der Waals surface area contributed by atoms with E-state index in [4.69, 9.17) is 0 Å². The van der Waals surface area contributed by atoms with Crippen LogP contribution in [-0.2, 0) is 27.2 Å². The number of carboxylic acids is 1. The number of amides is 2. The van der Waals surface area contributed by atoms with Gasteiger partial charge in [0.25, 0.3) is 0 Å². The SMILES string of the molecule is CC(=O)N[C@H](Cc1ccc(F)cc1)C(=O)N[C@H](Cc1ccccc1C)C(=O)O. The highest BCUT2D eigenvalue weighted by atomic mass is 19.1. The molecule has 0 radical (unpaired) electrons. The normalized spacial score (nSPS) is 12.7. The molecule has 0 bridgehead atoms. The van der Waals surface area contributed by atoms with E-state index in [1.807, 2.05) is 19.1 Å². The summed E-state index contributed by atoms with van der Waals surface area (Å²) in [5.41, 5.74) is 2.37. The van der Waals surface area contributed by atoms with E-state index in [-0.39, 0.29) is 12.8 Å². The second kappa shape index (κ2) is 9.64. The van der Waals surface area contributed by atoms with Crippen LogP contribution in [0.5, 0.6) is 0 Å². The number of hydrogen-bond acceptors (Lipinski definition) is 3. The molecule has 0 saturated heterocycles. The fourth-order valence-electron chi connectivity index (χ4n) is 2.84. The number of aliphatic carboxylic acids is 1. The van der Waals surface area contributed by atoms with Gasteiger partial charge < -0.3 is 15.7 Å². The van der Waals surface area contributed by atoms with Gasteiger partial charge in [-0.05, 0) is 35.7 Å². The van der Waals surface area contributed by atoms with Crippen LogP contribution in [0.3, 0.4) is 0 Å². The molecule has 2 atom stereocenters. The highest BCUT2D eigenvalue weighted by molar-refractivity contribution is 5.90. The zero-order valence-electron chi connectivity index (χ0n) is 15.7. The molecule has 6 nitrogen and oxygen atoms in total. The molecule has 2 rings (SSSR count). The Bertz CT molecular complexity index is 852. The van der Waals surface area contributed by atoms with Crippen molar-refractivity contribution in [3.63, 3.8) is 0 Å². The molecule has 0 saturated carbocycles. The van der Waals surface area contributed by atoms with Gasteiger partial charge in [0, 0.05) is 19.8 Å². The number of benzene rings is 2. The lowest BCUT2D eigenvalue weighted by atomic mass is 10.00. The van der Waals surface area contributed by atoms with E-state index < -0.39 is 35.7 Å². The van der Waals surface area contributed by atoms with Crippen molar-refractivity contribution in [1.82, 2.24) is 10.6 Å². The lowest BCUT2D eigenvalue weighted by molar-refractivity contribution is -0.142. The van der Waals surface area contributed by atoms with Crippen molar-refractivity contribution in [3.8, 4) is 0 Å². The van der Waals surface area contributed by atoms with Gasteiger partial charge in [-0.25, -0.2) is 9.18 Å². The second-order valence-corrected chi connectivity index (χ2v) is 6.61. The van der Waals surface area contributed by atoms with Crippen LogP contribution in [0, 0.1) is 12.7 Å². The average Bonchev–Trinajstić information content (AvgIpc) is 2.63. The van der Waals surface area contributed by atoms with Crippen LogP contribution in [0.1, 0.15) is 23.6 Å². The van der Waals surface area contributed by atoms with Crippen LogP contribution < -0.4 is 10.6 Å². The molecule has 2 aromatic carbocycles. The van der Waals surface area contributed by atoms with Crippen molar-refractivity contribution in [2.75, 3.05) is 0 Å². The smallest absolute Gasteiger partial charge is 0.326 e. The molecule has 148 valence electrons. The molecule has 7 heteroatoms. The zero-order valence-corrected chi connectivity index (χ0v) is 15.7. The van der Waals surface area contributed by atoms with E-state index in [0.717, 1.165) is 11.1 Å². The molecule has 0 spiro atoms. The number of carboxylic acid groups (broad SMARTS) is 1. The molecule has 0 fully saturated rings. The van der Waals surface area contributed by atoms with Crippen LogP contribution in [0.2, 0.25) is 0 Å². The third-order valence-corrected chi connectivity index (χ3v) is 4.35. The first kappa shape index (κ1) is 21.1. The predicted octanol–water partition coefficient (Wildman–Crippen LogP) is 1.99. The summed E-state index contributed by atoms with van der Waals surface area (Å²) in [6.07, 6.45) is 0.236. The van der Waals surface area contributed by atoms with Crippen LogP contribution in [0.15, 0.2) is 48.5 Å². The van der Waals surface area contributed by atoms with Crippen molar-refractivity contribution in [1.29, 1.82) is 0 Å². The summed E-state index contributed by atoms with van der Waals surface area (Å²) >= 11 is 0. The summed E-state index contributed by atoms with van der Waals surface area (Å²) in [4.78, 5) is 35.8. The van der Waals surface area contributed by atoms with Crippen molar-refractivity contribution in [2.45, 2.75) is 38.8 Å². The minimum atomic E-state index is -1.17. The van der Waals surface area contributed by atoms with E-state index in [0.29, 0.717) is 5.56 Å². The Morgan fingerprint density at radius 3 is 2.18 bits per heavy atom. The maximum Gasteiger partial charge on any atom is 0.326 e. The van der Waals surface area contributed by atoms with Crippen molar-refractivity contribution in [2.24, 2.45) is 0 Å². The summed E-state index contributed by atoms with van der Waals surface area (Å²) in [6, 6.07) is 10.8. The molecule has 0 unspecified atom stereocenters. The highest BCUT2D eigenvalue weighted by Crippen LogP contribution is 2.11. The van der Waals surface area contributed by atoms with Crippen molar-refractivity contribution < 1.29 is 23.9 Å². The van der Waals surface area contributed by atoms with Gasteiger partial charge in [0.05, 0.1) is 0 Å². The largest absolute Gasteiger partial charge is 0.480 e. The molecule has 2 aromatic rings. The van der Waals surface area contributed by atoms with Crippen molar-refractivity contribution >= 4 is 17.8 Å². The Kier molecular flexibility index (Phi) is 7.26. The summed E-state index contributed by atoms with van der Waals surface area (Å²) in [7, 11) is 0. The van der Waals surface area contributed by atoms with Crippen LogP contribution in [0.4, 0.5) is 4.39 Å². The number of carbonyl (C=O) groups is 3. The van der Waals surface area contributed by atoms with E-state index in [1.54, 1.807) is 12.1 Å². The van der Waals surface area contributed by atoms with E-state index in [2.05, 4.69) is 10.6 Å². The number of halogens is 1. The van der Waals surface area contributed by atoms with Crippen LogP contribution in [0.25, 0.3) is 0 Å². The van der Waals surface area contributed by atoms with Crippen LogP contribution >= 0.6 is 0 Å². The number of hydrogen-bond donors (Lipinski definition) is 3. The monoisotopic (exact) mass is 386 g/mol. The molecular formula is C21H23FN2O4. The molecule has 0 aliphatic rings. The summed E-state index contributed by atoms with van der Waals surface area (Å²) in [5.74, 6) is -2.61. The fraction of sp³-hybridized carbons (Fsp3) is 0.286. The topological polar surface area (TPSA) is 95.5 Å². The number of rotatable bonds is 8. The van der Waals surface area contributed by atoms with Gasteiger partial charge in [0.2, 0.25) is 11.8 Å². The number of nitrogens with one attached hydrogen (secondary N) is 2. The molecule has 0 aliphatic carbocycles. The van der Waals surface area contributed by atoms with Gasteiger partial charge in [0.15, 0.2) is 0 Å². The Hall–Kier alpha value is -3.22. The third-order valence-electron chi connectivity index (χ3n) is 4.35. The lowest BCUT2D eigenvalue weighted by Gasteiger charge is -2.21. The minimum absolute atomic E-state index is 0.113. The predicted molar refractivity (Wildman–Crippen MR) is 102 cm³/mol. The molecule has 0 aliphatic heterocycles. The first-order chi connectivity index (χ1) is 13.3. The Morgan fingerprint density at radius 2 is 1.61 bits per heavy atom. The number of carbonyl (C=O) groups excluding carboxylic acids is 2. The maximum absolute atomic E-state index is 13.1. The van der Waals surface area contributed by atoms with Gasteiger partial charge in [-0.15, -0.1) is 0 Å². The molecule has 2 amide bonds. The van der Waals surface area contributed by atoms with Crippen molar-refractivity contribution in [3.05, 3.63) is 71.0 Å². The van der Waals surface area contributed by atoms with E-state index >= 15 is 0 Å². The fourth-order valence-corrected chi connectivity index (χ4v) is 2.84. The Labute approximate surface area is 162 Å².